The number of anilines is 1. The fraction of sp³-hybridized carbons (Fsp3) is 0.429. The number of hydrogen-bond donors (Lipinski definition) is 0. The van der Waals surface area contributed by atoms with Crippen molar-refractivity contribution in [3.8, 4) is 0 Å². The van der Waals surface area contributed by atoms with Gasteiger partial charge in [-0.15, -0.1) is 0 Å². The molecule has 0 aromatic heterocycles. The molecule has 1 aliphatic rings. The quantitative estimate of drug-likeness (QED) is 0.786. The van der Waals surface area contributed by atoms with Crippen LogP contribution in [0.2, 0.25) is 0 Å². The normalized spacial score (nSPS) is 14.8. The average molecular weight is 295 g/mol. The predicted octanol–water partition coefficient (Wildman–Crippen LogP) is 1.35. The number of carbonyl (C=O) groups is 2. The van der Waals surface area contributed by atoms with Gasteiger partial charge in [0.25, 0.3) is 0 Å². The summed E-state index contributed by atoms with van der Waals surface area (Å²) in [5.74, 6) is -0.214. The van der Waals surface area contributed by atoms with E-state index in [0.29, 0.717) is 12.8 Å². The van der Waals surface area contributed by atoms with Gasteiger partial charge in [-0.05, 0) is 36.6 Å². The fourth-order valence-electron chi connectivity index (χ4n) is 2.42. The van der Waals surface area contributed by atoms with Gasteiger partial charge in [0.05, 0.1) is 10.6 Å². The standard InChI is InChI=1S/C14H17NO4S/c1-11(17)15-7-2-4-12-10-13(5-6-14(12)15)20(18,19)9-3-8-16/h5-6,8,10H,2-4,7,9H2,1H3. The number of amides is 1. The highest BCUT2D eigenvalue weighted by molar-refractivity contribution is 7.91. The molecule has 1 aromatic rings. The van der Waals surface area contributed by atoms with Crippen LogP contribution >= 0.6 is 0 Å². The van der Waals surface area contributed by atoms with E-state index in [1.807, 2.05) is 0 Å². The topological polar surface area (TPSA) is 71.5 Å². The third-order valence-electron chi connectivity index (χ3n) is 3.41. The number of sulfone groups is 1. The molecular formula is C14H17NO4S. The third kappa shape index (κ3) is 2.90. The van der Waals surface area contributed by atoms with Gasteiger partial charge in [-0.3, -0.25) is 4.79 Å². The molecule has 0 radical (unpaired) electrons. The van der Waals surface area contributed by atoms with Crippen LogP contribution in [0.5, 0.6) is 0 Å². The number of hydrogen-bond acceptors (Lipinski definition) is 4. The molecule has 1 aliphatic heterocycles. The molecule has 1 amide bonds. The van der Waals surface area contributed by atoms with E-state index >= 15 is 0 Å². The Morgan fingerprint density at radius 3 is 2.80 bits per heavy atom. The maximum absolute atomic E-state index is 12.1. The van der Waals surface area contributed by atoms with Gasteiger partial charge < -0.3 is 9.69 Å². The van der Waals surface area contributed by atoms with Gasteiger partial charge in [0.15, 0.2) is 9.84 Å². The second kappa shape index (κ2) is 5.75. The first-order valence-electron chi connectivity index (χ1n) is 6.53. The molecule has 0 saturated carbocycles. The summed E-state index contributed by atoms with van der Waals surface area (Å²) in [5, 5.41) is 0. The Labute approximate surface area is 118 Å². The molecule has 20 heavy (non-hydrogen) atoms. The zero-order valence-electron chi connectivity index (χ0n) is 11.3. The van der Waals surface area contributed by atoms with Gasteiger partial charge in [-0.25, -0.2) is 8.42 Å². The predicted molar refractivity (Wildman–Crippen MR) is 75.5 cm³/mol. The van der Waals surface area contributed by atoms with E-state index in [-0.39, 0.29) is 23.0 Å². The van der Waals surface area contributed by atoms with Crippen LogP contribution in [0.4, 0.5) is 5.69 Å². The molecule has 108 valence electrons. The summed E-state index contributed by atoms with van der Waals surface area (Å²) < 4.78 is 24.1. The van der Waals surface area contributed by atoms with Crippen LogP contribution in [0.25, 0.3) is 0 Å². The van der Waals surface area contributed by atoms with Crippen molar-refractivity contribution >= 4 is 27.7 Å². The van der Waals surface area contributed by atoms with Crippen LogP contribution in [0, 0.1) is 0 Å². The highest BCUT2D eigenvalue weighted by atomic mass is 32.2. The van der Waals surface area contributed by atoms with Crippen molar-refractivity contribution in [2.75, 3.05) is 17.2 Å². The lowest BCUT2D eigenvalue weighted by Gasteiger charge is -2.28. The van der Waals surface area contributed by atoms with Crippen molar-refractivity contribution in [2.24, 2.45) is 0 Å². The zero-order valence-corrected chi connectivity index (χ0v) is 12.1. The van der Waals surface area contributed by atoms with Crippen LogP contribution in [-0.2, 0) is 25.8 Å². The number of aryl methyl sites for hydroxylation is 1. The molecular weight excluding hydrogens is 278 g/mol. The highest BCUT2D eigenvalue weighted by Crippen LogP contribution is 2.29. The Balaban J connectivity index is 2.37. The summed E-state index contributed by atoms with van der Waals surface area (Å²) in [5.41, 5.74) is 1.66. The number of rotatable bonds is 4. The van der Waals surface area contributed by atoms with Crippen molar-refractivity contribution in [3.05, 3.63) is 23.8 Å². The van der Waals surface area contributed by atoms with Crippen LogP contribution in [0.1, 0.15) is 25.3 Å². The molecule has 2 rings (SSSR count). The molecule has 6 heteroatoms. The van der Waals surface area contributed by atoms with Crippen molar-refractivity contribution in [1.82, 2.24) is 0 Å². The molecule has 0 atom stereocenters. The lowest BCUT2D eigenvalue weighted by Crippen LogP contribution is -2.33. The van der Waals surface area contributed by atoms with Gasteiger partial charge in [0.2, 0.25) is 5.91 Å². The molecule has 0 unspecified atom stereocenters. The Morgan fingerprint density at radius 2 is 2.15 bits per heavy atom. The van der Waals surface area contributed by atoms with E-state index in [1.165, 1.54) is 13.0 Å². The van der Waals surface area contributed by atoms with Gasteiger partial charge in [-0.1, -0.05) is 0 Å². The van der Waals surface area contributed by atoms with Crippen molar-refractivity contribution in [3.63, 3.8) is 0 Å². The molecule has 0 fully saturated rings. The molecule has 0 bridgehead atoms. The lowest BCUT2D eigenvalue weighted by atomic mass is 10.0. The molecule has 0 spiro atoms. The Bertz CT molecular complexity index is 637. The smallest absolute Gasteiger partial charge is 0.223 e. The summed E-state index contributed by atoms with van der Waals surface area (Å²) in [4.78, 5) is 23.8. The van der Waals surface area contributed by atoms with E-state index in [1.54, 1.807) is 17.0 Å². The third-order valence-corrected chi connectivity index (χ3v) is 5.16. The van der Waals surface area contributed by atoms with Crippen molar-refractivity contribution in [1.29, 1.82) is 0 Å². The van der Waals surface area contributed by atoms with Crippen LogP contribution in [0.15, 0.2) is 23.1 Å². The largest absolute Gasteiger partial charge is 0.312 e. The molecule has 5 nitrogen and oxygen atoms in total. The Hall–Kier alpha value is -1.69. The molecule has 0 N–H and O–H groups in total. The summed E-state index contributed by atoms with van der Waals surface area (Å²) in [7, 11) is -3.43. The second-order valence-electron chi connectivity index (χ2n) is 4.84. The number of benzene rings is 1. The minimum Gasteiger partial charge on any atom is -0.312 e. The summed E-state index contributed by atoms with van der Waals surface area (Å²) in [6.45, 7) is 2.17. The van der Waals surface area contributed by atoms with Crippen LogP contribution in [0.3, 0.4) is 0 Å². The first-order chi connectivity index (χ1) is 9.45. The highest BCUT2D eigenvalue weighted by Gasteiger charge is 2.22. The van der Waals surface area contributed by atoms with Gasteiger partial charge in [0, 0.05) is 25.6 Å². The summed E-state index contributed by atoms with van der Waals surface area (Å²) in [6, 6.07) is 4.83. The number of carbonyl (C=O) groups excluding carboxylic acids is 2. The average Bonchev–Trinajstić information content (AvgIpc) is 2.43. The SMILES string of the molecule is CC(=O)N1CCCc2cc(S(=O)(=O)CCC=O)ccc21. The monoisotopic (exact) mass is 295 g/mol. The first kappa shape index (κ1) is 14.7. The minimum atomic E-state index is -3.43. The maximum atomic E-state index is 12.1. The zero-order chi connectivity index (χ0) is 14.8. The number of nitrogens with zero attached hydrogens (tertiary/aromatic N) is 1. The van der Waals surface area contributed by atoms with Crippen molar-refractivity contribution in [2.45, 2.75) is 31.1 Å². The van der Waals surface area contributed by atoms with Crippen LogP contribution < -0.4 is 4.90 Å². The summed E-state index contributed by atoms with van der Waals surface area (Å²) in [6.07, 6.45) is 2.19. The van der Waals surface area contributed by atoms with E-state index in [0.717, 1.165) is 24.1 Å². The van der Waals surface area contributed by atoms with Gasteiger partial charge in [0.1, 0.15) is 6.29 Å². The van der Waals surface area contributed by atoms with E-state index < -0.39 is 9.84 Å². The van der Waals surface area contributed by atoms with E-state index in [2.05, 4.69) is 0 Å². The summed E-state index contributed by atoms with van der Waals surface area (Å²) >= 11 is 0. The number of fused-ring (bicyclic) bond motifs is 1. The second-order valence-corrected chi connectivity index (χ2v) is 6.95. The Morgan fingerprint density at radius 1 is 1.40 bits per heavy atom. The van der Waals surface area contributed by atoms with Crippen molar-refractivity contribution < 1.29 is 18.0 Å². The Kier molecular flexibility index (Phi) is 4.23. The van der Waals surface area contributed by atoms with E-state index in [9.17, 15) is 18.0 Å². The first-order valence-corrected chi connectivity index (χ1v) is 8.18. The maximum Gasteiger partial charge on any atom is 0.223 e. The van der Waals surface area contributed by atoms with E-state index in [4.69, 9.17) is 0 Å². The molecule has 0 aliphatic carbocycles. The number of aldehydes is 1. The molecule has 0 saturated heterocycles. The lowest BCUT2D eigenvalue weighted by molar-refractivity contribution is -0.116. The van der Waals surface area contributed by atoms with Crippen LogP contribution in [-0.4, -0.2) is 32.9 Å². The molecule has 1 heterocycles. The minimum absolute atomic E-state index is 0.00100. The van der Waals surface area contributed by atoms with Gasteiger partial charge in [-0.2, -0.15) is 0 Å². The molecule has 1 aromatic carbocycles. The van der Waals surface area contributed by atoms with Gasteiger partial charge >= 0.3 is 0 Å². The fourth-order valence-corrected chi connectivity index (χ4v) is 3.65.